The van der Waals surface area contributed by atoms with E-state index in [0.717, 1.165) is 46.2 Å². The number of hydrogen-bond acceptors (Lipinski definition) is 5. The van der Waals surface area contributed by atoms with Gasteiger partial charge in [-0.1, -0.05) is 28.8 Å². The van der Waals surface area contributed by atoms with Gasteiger partial charge < -0.3 is 5.32 Å². The second-order valence-corrected chi connectivity index (χ2v) is 11.7. The molecule has 1 N–H and O–H groups in total. The quantitative estimate of drug-likeness (QED) is 0.637. The molecule has 1 aromatic carbocycles. The van der Waals surface area contributed by atoms with E-state index in [1.54, 1.807) is 12.1 Å². The standard InChI is InChI=1S/C19H28BrN3O3S2/c1-22(28(25,26)17-6-4-16(20)5-7-17)14-18(24)21-15-19(8-2-3-9-19)23-10-12-27-13-11-23/h4-7H,2-3,8-15H2,1H3,(H,21,24). The topological polar surface area (TPSA) is 69.7 Å². The third kappa shape index (κ3) is 5.11. The van der Waals surface area contributed by atoms with Crippen molar-refractivity contribution in [1.29, 1.82) is 0 Å². The predicted molar refractivity (Wildman–Crippen MR) is 117 cm³/mol. The minimum atomic E-state index is -3.69. The van der Waals surface area contributed by atoms with Crippen LogP contribution < -0.4 is 5.32 Å². The maximum absolute atomic E-state index is 12.7. The van der Waals surface area contributed by atoms with Crippen molar-refractivity contribution in [1.82, 2.24) is 14.5 Å². The molecule has 1 amide bonds. The highest BCUT2D eigenvalue weighted by molar-refractivity contribution is 9.10. The summed E-state index contributed by atoms with van der Waals surface area (Å²) in [5, 5.41) is 3.03. The van der Waals surface area contributed by atoms with Crippen molar-refractivity contribution in [2.45, 2.75) is 36.1 Å². The zero-order chi connectivity index (χ0) is 20.2. The smallest absolute Gasteiger partial charge is 0.243 e. The van der Waals surface area contributed by atoms with Crippen molar-refractivity contribution in [3.63, 3.8) is 0 Å². The molecule has 0 unspecified atom stereocenters. The Hall–Kier alpha value is -0.610. The number of likely N-dealkylation sites (N-methyl/N-ethyl adjacent to an activating group) is 1. The maximum atomic E-state index is 12.7. The van der Waals surface area contributed by atoms with Gasteiger partial charge in [-0.2, -0.15) is 16.1 Å². The van der Waals surface area contributed by atoms with Crippen LogP contribution in [0.15, 0.2) is 33.6 Å². The highest BCUT2D eigenvalue weighted by Gasteiger charge is 2.40. The number of carbonyl (C=O) groups is 1. The van der Waals surface area contributed by atoms with Crippen LogP contribution in [0.2, 0.25) is 0 Å². The van der Waals surface area contributed by atoms with Crippen LogP contribution in [0.25, 0.3) is 0 Å². The summed E-state index contributed by atoms with van der Waals surface area (Å²) >= 11 is 5.29. The molecule has 28 heavy (non-hydrogen) atoms. The number of nitrogens with one attached hydrogen (secondary N) is 1. The summed E-state index contributed by atoms with van der Waals surface area (Å²) in [6.07, 6.45) is 4.59. The first-order valence-electron chi connectivity index (χ1n) is 9.65. The number of carbonyl (C=O) groups excluding carboxylic acids is 1. The third-order valence-electron chi connectivity index (χ3n) is 5.72. The van der Waals surface area contributed by atoms with Crippen LogP contribution in [0.4, 0.5) is 0 Å². The molecule has 2 aliphatic rings. The molecule has 0 atom stereocenters. The number of thioether (sulfide) groups is 1. The number of amides is 1. The molecule has 1 aromatic rings. The van der Waals surface area contributed by atoms with Crippen LogP contribution in [-0.2, 0) is 14.8 Å². The van der Waals surface area contributed by atoms with Gasteiger partial charge >= 0.3 is 0 Å². The molecule has 1 saturated heterocycles. The fourth-order valence-corrected chi connectivity index (χ4v) is 6.36. The lowest BCUT2D eigenvalue weighted by molar-refractivity contribution is -0.121. The summed E-state index contributed by atoms with van der Waals surface area (Å²) in [6.45, 7) is 2.56. The van der Waals surface area contributed by atoms with E-state index < -0.39 is 10.0 Å². The minimum absolute atomic E-state index is 0.0415. The van der Waals surface area contributed by atoms with Gasteiger partial charge in [0.15, 0.2) is 0 Å². The molecule has 1 aliphatic heterocycles. The first kappa shape index (κ1) is 22.1. The van der Waals surface area contributed by atoms with Crippen LogP contribution in [0.3, 0.4) is 0 Å². The maximum Gasteiger partial charge on any atom is 0.243 e. The van der Waals surface area contributed by atoms with Crippen molar-refractivity contribution < 1.29 is 13.2 Å². The Labute approximate surface area is 180 Å². The van der Waals surface area contributed by atoms with E-state index in [2.05, 4.69) is 26.1 Å². The third-order valence-corrected chi connectivity index (χ3v) is 9.01. The second kappa shape index (κ2) is 9.47. The lowest BCUT2D eigenvalue weighted by Crippen LogP contribution is -2.57. The number of sulfonamides is 1. The van der Waals surface area contributed by atoms with Crippen molar-refractivity contribution in [2.24, 2.45) is 0 Å². The summed E-state index contributed by atoms with van der Waals surface area (Å²) < 4.78 is 27.3. The molecule has 1 heterocycles. The van der Waals surface area contributed by atoms with Gasteiger partial charge in [-0.25, -0.2) is 8.42 Å². The summed E-state index contributed by atoms with van der Waals surface area (Å²) in [4.78, 5) is 15.2. The van der Waals surface area contributed by atoms with Crippen molar-refractivity contribution >= 4 is 43.6 Å². The monoisotopic (exact) mass is 489 g/mol. The molecule has 6 nitrogen and oxygen atoms in total. The molecule has 9 heteroatoms. The molecule has 0 bridgehead atoms. The number of hydrogen-bond donors (Lipinski definition) is 1. The van der Waals surface area contributed by atoms with Gasteiger partial charge in [0.2, 0.25) is 15.9 Å². The van der Waals surface area contributed by atoms with Gasteiger partial charge in [-0.05, 0) is 37.1 Å². The lowest BCUT2D eigenvalue weighted by atomic mass is 9.94. The van der Waals surface area contributed by atoms with E-state index in [1.807, 2.05) is 11.8 Å². The van der Waals surface area contributed by atoms with Crippen LogP contribution in [0.5, 0.6) is 0 Å². The number of benzene rings is 1. The Morgan fingerprint density at radius 2 is 1.82 bits per heavy atom. The molecule has 156 valence electrons. The van der Waals surface area contributed by atoms with E-state index >= 15 is 0 Å². The van der Waals surface area contributed by atoms with Crippen molar-refractivity contribution in [3.8, 4) is 0 Å². The zero-order valence-electron chi connectivity index (χ0n) is 16.2. The highest BCUT2D eigenvalue weighted by Crippen LogP contribution is 2.36. The van der Waals surface area contributed by atoms with Gasteiger partial charge in [-0.3, -0.25) is 9.69 Å². The van der Waals surface area contributed by atoms with Gasteiger partial charge in [0.05, 0.1) is 11.4 Å². The number of rotatable bonds is 7. The molecule has 2 fully saturated rings. The van der Waals surface area contributed by atoms with Crippen LogP contribution in [0, 0.1) is 0 Å². The van der Waals surface area contributed by atoms with E-state index in [0.29, 0.717) is 6.54 Å². The average molecular weight is 490 g/mol. The minimum Gasteiger partial charge on any atom is -0.353 e. The summed E-state index contributed by atoms with van der Waals surface area (Å²) in [6, 6.07) is 6.44. The fourth-order valence-electron chi connectivity index (χ4n) is 4.07. The Morgan fingerprint density at radius 3 is 2.43 bits per heavy atom. The van der Waals surface area contributed by atoms with Gasteiger partial charge in [0.25, 0.3) is 0 Å². The van der Waals surface area contributed by atoms with Gasteiger partial charge in [0.1, 0.15) is 0 Å². The van der Waals surface area contributed by atoms with E-state index in [9.17, 15) is 13.2 Å². The Morgan fingerprint density at radius 1 is 1.21 bits per heavy atom. The predicted octanol–water partition coefficient (Wildman–Crippen LogP) is 2.55. The average Bonchev–Trinajstić information content (AvgIpc) is 3.18. The molecule has 0 spiro atoms. The lowest BCUT2D eigenvalue weighted by Gasteiger charge is -2.43. The van der Waals surface area contributed by atoms with E-state index in [1.165, 1.54) is 32.0 Å². The van der Waals surface area contributed by atoms with Crippen LogP contribution >= 0.6 is 27.7 Å². The van der Waals surface area contributed by atoms with Crippen molar-refractivity contribution in [3.05, 3.63) is 28.7 Å². The van der Waals surface area contributed by atoms with Crippen molar-refractivity contribution in [2.75, 3.05) is 44.7 Å². The number of halogens is 1. The van der Waals surface area contributed by atoms with Crippen LogP contribution in [0.1, 0.15) is 25.7 Å². The molecule has 1 aliphatic carbocycles. The Bertz CT molecular complexity index is 774. The Balaban J connectivity index is 1.59. The van der Waals surface area contributed by atoms with E-state index in [4.69, 9.17) is 0 Å². The number of nitrogens with zero attached hydrogens (tertiary/aromatic N) is 2. The molecular formula is C19H28BrN3O3S2. The first-order valence-corrected chi connectivity index (χ1v) is 13.0. The molecule has 1 saturated carbocycles. The SMILES string of the molecule is CN(CC(=O)NCC1(N2CCSCC2)CCCC1)S(=O)(=O)c1ccc(Br)cc1. The Kier molecular flexibility index (Phi) is 7.47. The van der Waals surface area contributed by atoms with Gasteiger partial charge in [0, 0.05) is 48.2 Å². The molecule has 3 rings (SSSR count). The van der Waals surface area contributed by atoms with Crippen LogP contribution in [-0.4, -0.2) is 73.8 Å². The summed E-state index contributed by atoms with van der Waals surface area (Å²) in [7, 11) is -2.24. The first-order chi connectivity index (χ1) is 13.3. The zero-order valence-corrected chi connectivity index (χ0v) is 19.4. The summed E-state index contributed by atoms with van der Waals surface area (Å²) in [5.74, 6) is 2.04. The largest absolute Gasteiger partial charge is 0.353 e. The second-order valence-electron chi connectivity index (χ2n) is 7.52. The molecule has 0 radical (unpaired) electrons. The molecular weight excluding hydrogens is 462 g/mol. The van der Waals surface area contributed by atoms with Gasteiger partial charge in [-0.15, -0.1) is 0 Å². The highest BCUT2D eigenvalue weighted by atomic mass is 79.9. The van der Waals surface area contributed by atoms with E-state index in [-0.39, 0.29) is 22.9 Å². The summed E-state index contributed by atoms with van der Waals surface area (Å²) in [5.41, 5.74) is 0.0415. The fraction of sp³-hybridized carbons (Fsp3) is 0.632. The molecule has 0 aromatic heterocycles. The normalized spacial score (nSPS) is 20.4.